The van der Waals surface area contributed by atoms with Gasteiger partial charge < -0.3 is 10.1 Å². The first kappa shape index (κ1) is 10.6. The van der Waals surface area contributed by atoms with E-state index in [4.69, 9.17) is 4.74 Å². The van der Waals surface area contributed by atoms with Gasteiger partial charge in [0.1, 0.15) is 5.75 Å². The van der Waals surface area contributed by atoms with Crippen LogP contribution in [0.2, 0.25) is 0 Å². The minimum atomic E-state index is -0.0385. The number of carbonyl (C=O) groups is 1. The van der Waals surface area contributed by atoms with Gasteiger partial charge in [0.05, 0.1) is 13.2 Å². The third-order valence-electron chi connectivity index (χ3n) is 2.03. The Morgan fingerprint density at radius 1 is 1.43 bits per heavy atom. The molecule has 0 fully saturated rings. The van der Waals surface area contributed by atoms with Crippen molar-refractivity contribution in [3.63, 3.8) is 0 Å². The van der Waals surface area contributed by atoms with Crippen LogP contribution in [-0.4, -0.2) is 13.0 Å². The van der Waals surface area contributed by atoms with E-state index < -0.39 is 0 Å². The van der Waals surface area contributed by atoms with Gasteiger partial charge >= 0.3 is 0 Å². The van der Waals surface area contributed by atoms with E-state index in [2.05, 4.69) is 5.32 Å². The maximum Gasteiger partial charge on any atom is 0.217 e. The van der Waals surface area contributed by atoms with Gasteiger partial charge in [-0.15, -0.1) is 0 Å². The summed E-state index contributed by atoms with van der Waals surface area (Å²) < 4.78 is 5.20. The highest BCUT2D eigenvalue weighted by Gasteiger charge is 2.10. The van der Waals surface area contributed by atoms with Crippen molar-refractivity contribution >= 4 is 5.91 Å². The quantitative estimate of drug-likeness (QED) is 0.796. The summed E-state index contributed by atoms with van der Waals surface area (Å²) in [4.78, 5) is 10.9. The van der Waals surface area contributed by atoms with Crippen LogP contribution in [0.4, 0.5) is 0 Å². The van der Waals surface area contributed by atoms with Gasteiger partial charge in [0.15, 0.2) is 0 Å². The van der Waals surface area contributed by atoms with E-state index in [1.54, 1.807) is 7.11 Å². The molecule has 0 aromatic heterocycles. The van der Waals surface area contributed by atoms with E-state index in [0.29, 0.717) is 0 Å². The maximum atomic E-state index is 10.9. The summed E-state index contributed by atoms with van der Waals surface area (Å²) in [6.07, 6.45) is 0. The molecule has 1 atom stereocenters. The zero-order valence-corrected chi connectivity index (χ0v) is 8.70. The van der Waals surface area contributed by atoms with Crippen molar-refractivity contribution in [1.82, 2.24) is 5.32 Å². The number of carbonyl (C=O) groups excluding carboxylic acids is 1. The molecule has 0 bridgehead atoms. The molecule has 1 rings (SSSR count). The largest absolute Gasteiger partial charge is 0.496 e. The van der Waals surface area contributed by atoms with Crippen LogP contribution in [-0.2, 0) is 4.79 Å². The molecule has 3 heteroatoms. The van der Waals surface area contributed by atoms with Crippen LogP contribution in [0.3, 0.4) is 0 Å². The highest BCUT2D eigenvalue weighted by atomic mass is 16.5. The second kappa shape index (κ2) is 4.65. The average molecular weight is 193 g/mol. The molecule has 1 aromatic rings. The first-order chi connectivity index (χ1) is 6.65. The minimum Gasteiger partial charge on any atom is -0.496 e. The van der Waals surface area contributed by atoms with E-state index in [1.165, 1.54) is 6.92 Å². The lowest BCUT2D eigenvalue weighted by atomic mass is 10.1. The second-order valence-corrected chi connectivity index (χ2v) is 3.16. The Hall–Kier alpha value is -1.51. The highest BCUT2D eigenvalue weighted by Crippen LogP contribution is 2.23. The Labute approximate surface area is 84.1 Å². The van der Waals surface area contributed by atoms with Crippen LogP contribution in [0.1, 0.15) is 25.5 Å². The average Bonchev–Trinajstić information content (AvgIpc) is 2.16. The van der Waals surface area contributed by atoms with Crippen LogP contribution in [0.25, 0.3) is 0 Å². The van der Waals surface area contributed by atoms with E-state index in [0.717, 1.165) is 11.3 Å². The molecule has 0 aliphatic rings. The van der Waals surface area contributed by atoms with Gasteiger partial charge in [0, 0.05) is 12.5 Å². The molecule has 0 aliphatic carbocycles. The van der Waals surface area contributed by atoms with Gasteiger partial charge in [0.2, 0.25) is 5.91 Å². The fraction of sp³-hybridized carbons (Fsp3) is 0.364. The SMILES string of the molecule is COc1ccccc1[C@H](C)NC(C)=O. The first-order valence-electron chi connectivity index (χ1n) is 4.55. The van der Waals surface area contributed by atoms with Crippen LogP contribution >= 0.6 is 0 Å². The fourth-order valence-electron chi connectivity index (χ4n) is 1.41. The lowest BCUT2D eigenvalue weighted by Gasteiger charge is -2.15. The van der Waals surface area contributed by atoms with Crippen LogP contribution in [0.5, 0.6) is 5.75 Å². The third kappa shape index (κ3) is 2.49. The van der Waals surface area contributed by atoms with Crippen molar-refractivity contribution in [2.24, 2.45) is 0 Å². The van der Waals surface area contributed by atoms with Crippen LogP contribution in [0.15, 0.2) is 24.3 Å². The van der Waals surface area contributed by atoms with E-state index in [9.17, 15) is 4.79 Å². The number of para-hydroxylation sites is 1. The lowest BCUT2D eigenvalue weighted by molar-refractivity contribution is -0.119. The summed E-state index contributed by atoms with van der Waals surface area (Å²) in [6, 6.07) is 7.63. The van der Waals surface area contributed by atoms with Gasteiger partial charge in [-0.25, -0.2) is 0 Å². The van der Waals surface area contributed by atoms with Gasteiger partial charge in [-0.1, -0.05) is 18.2 Å². The fourth-order valence-corrected chi connectivity index (χ4v) is 1.41. The molecule has 3 nitrogen and oxygen atoms in total. The standard InChI is InChI=1S/C11H15NO2/c1-8(12-9(2)13)10-6-4-5-7-11(10)14-3/h4-8H,1-3H3,(H,12,13)/t8-/m0/s1. The maximum absolute atomic E-state index is 10.9. The first-order valence-corrected chi connectivity index (χ1v) is 4.55. The molecule has 1 N–H and O–H groups in total. The van der Waals surface area contributed by atoms with Crippen molar-refractivity contribution in [1.29, 1.82) is 0 Å². The zero-order chi connectivity index (χ0) is 10.6. The molecule has 0 saturated carbocycles. The number of methoxy groups -OCH3 is 1. The molecule has 14 heavy (non-hydrogen) atoms. The zero-order valence-electron chi connectivity index (χ0n) is 8.70. The molecule has 0 unspecified atom stereocenters. The minimum absolute atomic E-state index is 0.0244. The third-order valence-corrected chi connectivity index (χ3v) is 2.03. The Morgan fingerprint density at radius 2 is 2.07 bits per heavy atom. The van der Waals surface area contributed by atoms with Gasteiger partial charge in [0.25, 0.3) is 0 Å². The Balaban J connectivity index is 2.87. The summed E-state index contributed by atoms with van der Waals surface area (Å²) in [6.45, 7) is 3.44. The molecule has 1 amide bonds. The summed E-state index contributed by atoms with van der Waals surface area (Å²) >= 11 is 0. The number of hydrogen-bond donors (Lipinski definition) is 1. The number of amides is 1. The smallest absolute Gasteiger partial charge is 0.217 e. The number of hydrogen-bond acceptors (Lipinski definition) is 2. The molecule has 0 heterocycles. The normalized spacial score (nSPS) is 11.9. The van der Waals surface area contributed by atoms with E-state index in [1.807, 2.05) is 31.2 Å². The second-order valence-electron chi connectivity index (χ2n) is 3.16. The van der Waals surface area contributed by atoms with E-state index >= 15 is 0 Å². The molecule has 76 valence electrons. The summed E-state index contributed by atoms with van der Waals surface area (Å²) in [5.41, 5.74) is 0.991. The summed E-state index contributed by atoms with van der Waals surface area (Å²) in [7, 11) is 1.62. The summed E-state index contributed by atoms with van der Waals surface area (Å²) in [5, 5.41) is 2.81. The molecule has 0 aliphatic heterocycles. The number of ether oxygens (including phenoxy) is 1. The topological polar surface area (TPSA) is 38.3 Å². The van der Waals surface area contributed by atoms with Crippen molar-refractivity contribution in [2.75, 3.05) is 7.11 Å². The molecule has 0 radical (unpaired) electrons. The van der Waals surface area contributed by atoms with Crippen LogP contribution in [0, 0.1) is 0 Å². The van der Waals surface area contributed by atoms with Crippen molar-refractivity contribution in [3.8, 4) is 5.75 Å². The molecular weight excluding hydrogens is 178 g/mol. The van der Waals surface area contributed by atoms with Gasteiger partial charge in [-0.2, -0.15) is 0 Å². The van der Waals surface area contributed by atoms with Crippen molar-refractivity contribution in [3.05, 3.63) is 29.8 Å². The Bertz CT molecular complexity index is 323. The highest BCUT2D eigenvalue weighted by molar-refractivity contribution is 5.73. The van der Waals surface area contributed by atoms with Crippen molar-refractivity contribution < 1.29 is 9.53 Å². The summed E-state index contributed by atoms with van der Waals surface area (Å²) in [5.74, 6) is 0.761. The predicted molar refractivity (Wildman–Crippen MR) is 55.2 cm³/mol. The number of rotatable bonds is 3. The Morgan fingerprint density at radius 3 is 2.64 bits per heavy atom. The van der Waals surface area contributed by atoms with Gasteiger partial charge in [-0.05, 0) is 13.0 Å². The van der Waals surface area contributed by atoms with E-state index in [-0.39, 0.29) is 11.9 Å². The van der Waals surface area contributed by atoms with Crippen LogP contribution < -0.4 is 10.1 Å². The predicted octanol–water partition coefficient (Wildman–Crippen LogP) is 1.89. The number of nitrogens with one attached hydrogen (secondary N) is 1. The van der Waals surface area contributed by atoms with Gasteiger partial charge in [-0.3, -0.25) is 4.79 Å². The molecule has 0 saturated heterocycles. The Kier molecular flexibility index (Phi) is 3.51. The monoisotopic (exact) mass is 193 g/mol. The lowest BCUT2D eigenvalue weighted by Crippen LogP contribution is -2.23. The van der Waals surface area contributed by atoms with Crippen molar-refractivity contribution in [2.45, 2.75) is 19.9 Å². The number of benzene rings is 1. The molecular formula is C11H15NO2. The molecule has 1 aromatic carbocycles. The molecule has 0 spiro atoms.